The summed E-state index contributed by atoms with van der Waals surface area (Å²) < 4.78 is 7.25. The monoisotopic (exact) mass is 287 g/mol. The number of pyridine rings is 1. The van der Waals surface area contributed by atoms with Crippen LogP contribution in [0.1, 0.15) is 31.4 Å². The molecule has 1 saturated heterocycles. The highest BCUT2D eigenvalue weighted by Crippen LogP contribution is 2.14. The molecular weight excluding hydrogens is 266 g/mol. The lowest BCUT2D eigenvalue weighted by atomic mass is 10.1. The number of nitrogens with one attached hydrogen (secondary N) is 1. The van der Waals surface area contributed by atoms with Crippen LogP contribution in [-0.2, 0) is 11.3 Å². The highest BCUT2D eigenvalue weighted by atomic mass is 16.5. The summed E-state index contributed by atoms with van der Waals surface area (Å²) in [5.74, 6) is 0. The predicted molar refractivity (Wildman–Crippen MR) is 81.4 cm³/mol. The molecule has 5 nitrogen and oxygen atoms in total. The Hall–Kier alpha value is -1.72. The molecule has 5 heteroatoms. The number of rotatable bonds is 5. The molecule has 1 aliphatic rings. The summed E-state index contributed by atoms with van der Waals surface area (Å²) >= 11 is 0. The van der Waals surface area contributed by atoms with Crippen LogP contribution in [0.15, 0.2) is 35.3 Å². The van der Waals surface area contributed by atoms with Crippen LogP contribution < -0.4 is 10.9 Å². The molecule has 0 bridgehead atoms. The molecule has 1 atom stereocenters. The third-order valence-corrected chi connectivity index (χ3v) is 3.85. The molecule has 0 spiro atoms. The zero-order chi connectivity index (χ0) is 14.5. The second-order valence-electron chi connectivity index (χ2n) is 5.47. The van der Waals surface area contributed by atoms with Crippen molar-refractivity contribution in [3.8, 4) is 0 Å². The standard InChI is InChI=1S/C16H21N3O2/c20-16-11-13(18-15-6-1-3-9-19(15)16)12-17-8-7-14-5-2-4-10-21-14/h1,3,6,9,11,14,17H,2,4-5,7-8,10,12H2. The first-order chi connectivity index (χ1) is 10.3. The lowest BCUT2D eigenvalue weighted by molar-refractivity contribution is 0.0115. The van der Waals surface area contributed by atoms with Gasteiger partial charge in [0.15, 0.2) is 0 Å². The second-order valence-corrected chi connectivity index (χ2v) is 5.47. The number of nitrogens with zero attached hydrogens (tertiary/aromatic N) is 2. The van der Waals surface area contributed by atoms with E-state index in [1.807, 2.05) is 18.2 Å². The fourth-order valence-electron chi connectivity index (χ4n) is 2.71. The first-order valence-electron chi connectivity index (χ1n) is 7.62. The first kappa shape index (κ1) is 14.2. The summed E-state index contributed by atoms with van der Waals surface area (Å²) in [5, 5.41) is 3.35. The van der Waals surface area contributed by atoms with Crippen molar-refractivity contribution in [3.63, 3.8) is 0 Å². The van der Waals surface area contributed by atoms with Crippen LogP contribution in [0.4, 0.5) is 0 Å². The predicted octanol–water partition coefficient (Wildman–Crippen LogP) is 1.74. The van der Waals surface area contributed by atoms with Crippen LogP contribution in [0, 0.1) is 0 Å². The van der Waals surface area contributed by atoms with Gasteiger partial charge >= 0.3 is 0 Å². The average molecular weight is 287 g/mol. The van der Waals surface area contributed by atoms with Crippen molar-refractivity contribution >= 4 is 5.65 Å². The van der Waals surface area contributed by atoms with Crippen molar-refractivity contribution in [2.24, 2.45) is 0 Å². The van der Waals surface area contributed by atoms with Gasteiger partial charge in [-0.1, -0.05) is 6.07 Å². The average Bonchev–Trinajstić information content (AvgIpc) is 2.53. The van der Waals surface area contributed by atoms with Crippen molar-refractivity contribution in [3.05, 3.63) is 46.5 Å². The Morgan fingerprint density at radius 2 is 2.33 bits per heavy atom. The van der Waals surface area contributed by atoms with Gasteiger partial charge in [-0.3, -0.25) is 9.20 Å². The van der Waals surface area contributed by atoms with Crippen molar-refractivity contribution in [1.29, 1.82) is 0 Å². The van der Waals surface area contributed by atoms with E-state index in [1.54, 1.807) is 16.7 Å². The van der Waals surface area contributed by atoms with Gasteiger partial charge in [-0.15, -0.1) is 0 Å². The first-order valence-corrected chi connectivity index (χ1v) is 7.62. The fourth-order valence-corrected chi connectivity index (χ4v) is 2.71. The van der Waals surface area contributed by atoms with E-state index in [-0.39, 0.29) is 5.56 Å². The molecule has 1 N–H and O–H groups in total. The number of fused-ring (bicyclic) bond motifs is 1. The van der Waals surface area contributed by atoms with Gasteiger partial charge in [0.05, 0.1) is 11.8 Å². The summed E-state index contributed by atoms with van der Waals surface area (Å²) in [7, 11) is 0. The molecule has 3 heterocycles. The molecule has 0 amide bonds. The molecule has 0 saturated carbocycles. The Morgan fingerprint density at radius 3 is 3.19 bits per heavy atom. The van der Waals surface area contributed by atoms with Crippen LogP contribution in [0.25, 0.3) is 5.65 Å². The van der Waals surface area contributed by atoms with Gasteiger partial charge < -0.3 is 10.1 Å². The van der Waals surface area contributed by atoms with E-state index in [0.717, 1.165) is 31.7 Å². The summed E-state index contributed by atoms with van der Waals surface area (Å²) in [6.45, 7) is 2.40. The second kappa shape index (κ2) is 6.83. The zero-order valence-corrected chi connectivity index (χ0v) is 12.1. The van der Waals surface area contributed by atoms with Crippen molar-refractivity contribution in [2.75, 3.05) is 13.2 Å². The van der Waals surface area contributed by atoms with Crippen molar-refractivity contribution in [1.82, 2.24) is 14.7 Å². The zero-order valence-electron chi connectivity index (χ0n) is 12.1. The van der Waals surface area contributed by atoms with E-state index in [9.17, 15) is 4.79 Å². The molecule has 112 valence electrons. The maximum Gasteiger partial charge on any atom is 0.258 e. The lowest BCUT2D eigenvalue weighted by Crippen LogP contribution is -2.26. The van der Waals surface area contributed by atoms with Crippen LogP contribution in [0.3, 0.4) is 0 Å². The van der Waals surface area contributed by atoms with Crippen LogP contribution in [0.5, 0.6) is 0 Å². The van der Waals surface area contributed by atoms with E-state index >= 15 is 0 Å². The van der Waals surface area contributed by atoms with Crippen molar-refractivity contribution in [2.45, 2.75) is 38.3 Å². The van der Waals surface area contributed by atoms with Gasteiger partial charge in [0.1, 0.15) is 5.65 Å². The lowest BCUT2D eigenvalue weighted by Gasteiger charge is -2.22. The van der Waals surface area contributed by atoms with Gasteiger partial charge in [0.2, 0.25) is 0 Å². The fraction of sp³-hybridized carbons (Fsp3) is 0.500. The molecule has 0 aromatic carbocycles. The summed E-state index contributed by atoms with van der Waals surface area (Å²) in [6.07, 6.45) is 6.77. The van der Waals surface area contributed by atoms with Gasteiger partial charge in [0.25, 0.3) is 5.56 Å². The highest BCUT2D eigenvalue weighted by Gasteiger charge is 2.12. The minimum atomic E-state index is -0.0342. The molecule has 3 rings (SSSR count). The maximum atomic E-state index is 12.0. The Morgan fingerprint density at radius 1 is 1.38 bits per heavy atom. The van der Waals surface area contributed by atoms with Gasteiger partial charge in [-0.2, -0.15) is 0 Å². The molecule has 1 unspecified atom stereocenters. The summed E-state index contributed by atoms with van der Waals surface area (Å²) in [4.78, 5) is 16.4. The molecule has 21 heavy (non-hydrogen) atoms. The van der Waals surface area contributed by atoms with Crippen LogP contribution in [0.2, 0.25) is 0 Å². The Labute approximate surface area is 124 Å². The minimum absolute atomic E-state index is 0.0342. The van der Waals surface area contributed by atoms with Gasteiger partial charge in [0, 0.05) is 25.4 Å². The van der Waals surface area contributed by atoms with E-state index in [4.69, 9.17) is 4.74 Å². The topological polar surface area (TPSA) is 55.6 Å². The molecule has 0 radical (unpaired) electrons. The normalized spacial score (nSPS) is 19.0. The van der Waals surface area contributed by atoms with E-state index in [2.05, 4.69) is 10.3 Å². The van der Waals surface area contributed by atoms with E-state index in [1.165, 1.54) is 12.8 Å². The molecule has 2 aromatic heterocycles. The number of hydrogen-bond donors (Lipinski definition) is 1. The smallest absolute Gasteiger partial charge is 0.258 e. The summed E-state index contributed by atoms with van der Waals surface area (Å²) in [6, 6.07) is 7.16. The summed E-state index contributed by atoms with van der Waals surface area (Å²) in [5.41, 5.74) is 1.45. The molecule has 1 aliphatic heterocycles. The van der Waals surface area contributed by atoms with Crippen LogP contribution in [-0.4, -0.2) is 28.6 Å². The number of aromatic nitrogens is 2. The molecule has 2 aromatic rings. The minimum Gasteiger partial charge on any atom is -0.378 e. The molecule has 0 aliphatic carbocycles. The van der Waals surface area contributed by atoms with E-state index < -0.39 is 0 Å². The highest BCUT2D eigenvalue weighted by molar-refractivity contribution is 5.37. The Bertz CT molecular complexity index is 647. The number of ether oxygens (including phenoxy) is 1. The largest absolute Gasteiger partial charge is 0.378 e. The molecular formula is C16H21N3O2. The number of hydrogen-bond acceptors (Lipinski definition) is 4. The van der Waals surface area contributed by atoms with Crippen LogP contribution >= 0.6 is 0 Å². The quantitative estimate of drug-likeness (QED) is 0.851. The van der Waals surface area contributed by atoms with Gasteiger partial charge in [-0.05, 0) is 44.4 Å². The SMILES string of the molecule is O=c1cc(CNCCC2CCCCO2)nc2ccccn12. The third-order valence-electron chi connectivity index (χ3n) is 3.85. The van der Waals surface area contributed by atoms with Crippen molar-refractivity contribution < 1.29 is 4.74 Å². The third kappa shape index (κ3) is 3.68. The Balaban J connectivity index is 1.54. The van der Waals surface area contributed by atoms with Gasteiger partial charge in [-0.25, -0.2) is 4.98 Å². The molecule has 1 fully saturated rings. The Kier molecular flexibility index (Phi) is 4.62. The maximum absolute atomic E-state index is 12.0. The van der Waals surface area contributed by atoms with E-state index in [0.29, 0.717) is 18.3 Å².